The maximum absolute atomic E-state index is 13.2. The Kier molecular flexibility index (Phi) is 13.8. The van der Waals surface area contributed by atoms with Gasteiger partial charge >= 0.3 is 12.1 Å². The summed E-state index contributed by atoms with van der Waals surface area (Å²) >= 11 is 1.58. The molecule has 35 heavy (non-hydrogen) atoms. The summed E-state index contributed by atoms with van der Waals surface area (Å²) in [6.45, 7) is 9.55. The number of hydrogen-bond acceptors (Lipinski definition) is 7. The number of carbonyl (C=O) groups excluding carboxylic acids is 3. The second-order valence-electron chi connectivity index (χ2n) is 9.52. The van der Waals surface area contributed by atoms with Gasteiger partial charge in [0.05, 0.1) is 19.8 Å². The van der Waals surface area contributed by atoms with Crippen LogP contribution >= 0.6 is 11.8 Å². The number of thioether (sulfide) groups is 1. The van der Waals surface area contributed by atoms with E-state index >= 15 is 0 Å². The molecule has 0 aromatic heterocycles. The van der Waals surface area contributed by atoms with Crippen LogP contribution in [0.4, 0.5) is 4.79 Å². The normalized spacial score (nSPS) is 14.8. The topological polar surface area (TPSA) is 103 Å². The van der Waals surface area contributed by atoms with Crippen molar-refractivity contribution in [3.63, 3.8) is 0 Å². The van der Waals surface area contributed by atoms with Crippen LogP contribution in [0.15, 0.2) is 30.3 Å². The van der Waals surface area contributed by atoms with E-state index in [1.54, 1.807) is 32.5 Å². The molecule has 0 radical (unpaired) electrons. The Morgan fingerprint density at radius 1 is 1.09 bits per heavy atom. The monoisotopic (exact) mass is 510 g/mol. The molecule has 8 nitrogen and oxygen atoms in total. The van der Waals surface area contributed by atoms with Gasteiger partial charge in [0.15, 0.2) is 0 Å². The van der Waals surface area contributed by atoms with Crippen molar-refractivity contribution in [1.82, 2.24) is 10.6 Å². The van der Waals surface area contributed by atoms with Crippen LogP contribution in [0.5, 0.6) is 0 Å². The molecule has 4 atom stereocenters. The highest BCUT2D eigenvalue weighted by atomic mass is 32.2. The molecule has 198 valence electrons. The highest BCUT2D eigenvalue weighted by molar-refractivity contribution is 7.98. The number of rotatable bonds is 14. The van der Waals surface area contributed by atoms with Gasteiger partial charge in [0, 0.05) is 6.42 Å². The predicted molar refractivity (Wildman–Crippen MR) is 139 cm³/mol. The number of ether oxygens (including phenoxy) is 3. The fourth-order valence-corrected chi connectivity index (χ4v) is 3.73. The van der Waals surface area contributed by atoms with E-state index in [0.29, 0.717) is 18.6 Å². The van der Waals surface area contributed by atoms with E-state index in [2.05, 4.69) is 10.6 Å². The third-order valence-electron chi connectivity index (χ3n) is 5.48. The molecule has 0 saturated heterocycles. The molecule has 1 rings (SSSR count). The Morgan fingerprint density at radius 3 is 2.29 bits per heavy atom. The molecular weight excluding hydrogens is 468 g/mol. The summed E-state index contributed by atoms with van der Waals surface area (Å²) in [6, 6.07) is 8.41. The summed E-state index contributed by atoms with van der Waals surface area (Å²) < 4.78 is 16.4. The van der Waals surface area contributed by atoms with Crippen LogP contribution in [-0.2, 0) is 30.2 Å². The van der Waals surface area contributed by atoms with Crippen molar-refractivity contribution >= 4 is 29.7 Å². The lowest BCUT2D eigenvalue weighted by Crippen LogP contribution is -2.50. The summed E-state index contributed by atoms with van der Waals surface area (Å²) in [6.07, 6.45) is 2.13. The van der Waals surface area contributed by atoms with Gasteiger partial charge in [0.25, 0.3) is 0 Å². The molecule has 1 aromatic rings. The number of benzene rings is 1. The van der Waals surface area contributed by atoms with Gasteiger partial charge in [-0.25, -0.2) is 9.59 Å². The van der Waals surface area contributed by atoms with E-state index < -0.39 is 35.7 Å². The number of hydrogen-bond donors (Lipinski definition) is 2. The first-order chi connectivity index (χ1) is 16.5. The van der Waals surface area contributed by atoms with Gasteiger partial charge in [0.2, 0.25) is 5.91 Å². The number of amides is 2. The second-order valence-corrected chi connectivity index (χ2v) is 10.5. The van der Waals surface area contributed by atoms with Crippen LogP contribution < -0.4 is 10.6 Å². The summed E-state index contributed by atoms with van der Waals surface area (Å²) in [5, 5.41) is 5.68. The predicted octanol–water partition coefficient (Wildman–Crippen LogP) is 3.96. The van der Waals surface area contributed by atoms with E-state index in [-0.39, 0.29) is 18.6 Å². The second kappa shape index (κ2) is 15.7. The molecule has 0 bridgehead atoms. The Balaban J connectivity index is 3.01. The lowest BCUT2D eigenvalue weighted by atomic mass is 10.00. The quantitative estimate of drug-likeness (QED) is 0.365. The molecule has 0 aliphatic carbocycles. The van der Waals surface area contributed by atoms with Gasteiger partial charge in [-0.1, -0.05) is 50.6 Å². The van der Waals surface area contributed by atoms with E-state index in [9.17, 15) is 14.4 Å². The van der Waals surface area contributed by atoms with E-state index in [1.807, 2.05) is 50.4 Å². The fourth-order valence-electron chi connectivity index (χ4n) is 3.26. The number of nitrogens with one attached hydrogen (secondary N) is 2. The lowest BCUT2D eigenvalue weighted by Gasteiger charge is -2.29. The number of alkyl carbamates (subject to hydrolysis) is 1. The molecular formula is C26H42N2O6S. The van der Waals surface area contributed by atoms with Gasteiger partial charge in [-0.3, -0.25) is 4.79 Å². The van der Waals surface area contributed by atoms with Crippen molar-refractivity contribution in [2.45, 2.75) is 77.7 Å². The van der Waals surface area contributed by atoms with Crippen molar-refractivity contribution in [3.05, 3.63) is 35.9 Å². The smallest absolute Gasteiger partial charge is 0.407 e. The highest BCUT2D eigenvalue weighted by Crippen LogP contribution is 2.14. The maximum Gasteiger partial charge on any atom is 0.407 e. The number of methoxy groups -OCH3 is 1. The molecule has 0 saturated carbocycles. The number of esters is 1. The summed E-state index contributed by atoms with van der Waals surface area (Å²) in [7, 11) is 1.30. The molecule has 2 amide bonds. The Morgan fingerprint density at radius 2 is 1.74 bits per heavy atom. The Hall–Kier alpha value is -2.26. The fraction of sp³-hybridized carbons (Fsp3) is 0.654. The zero-order valence-corrected chi connectivity index (χ0v) is 22.9. The minimum atomic E-state index is -0.856. The average Bonchev–Trinajstić information content (AvgIpc) is 2.81. The van der Waals surface area contributed by atoms with Gasteiger partial charge in [-0.2, -0.15) is 11.8 Å². The molecule has 0 aliphatic heterocycles. The van der Waals surface area contributed by atoms with Crippen molar-refractivity contribution in [3.8, 4) is 0 Å². The Bertz CT molecular complexity index is 784. The minimum Gasteiger partial charge on any atom is -0.467 e. The molecule has 2 unspecified atom stereocenters. The van der Waals surface area contributed by atoms with Crippen LogP contribution in [0, 0.1) is 5.92 Å². The van der Waals surface area contributed by atoms with Crippen molar-refractivity contribution < 1.29 is 28.6 Å². The molecule has 0 heterocycles. The van der Waals surface area contributed by atoms with E-state index in [0.717, 1.165) is 12.0 Å². The van der Waals surface area contributed by atoms with Gasteiger partial charge in [0.1, 0.15) is 17.7 Å². The summed E-state index contributed by atoms with van der Waals surface area (Å²) in [4.78, 5) is 37.8. The van der Waals surface area contributed by atoms with Gasteiger partial charge in [-0.05, 0) is 50.7 Å². The first-order valence-corrected chi connectivity index (χ1v) is 13.4. The van der Waals surface area contributed by atoms with Crippen LogP contribution in [0.1, 0.15) is 53.0 Å². The van der Waals surface area contributed by atoms with Crippen LogP contribution in [0.25, 0.3) is 0 Å². The standard InChI is InChI=1S/C26H42N2O6S/c1-8-18(2)21(28-25(31)34-26(3,4)5)17-33-22(16-19-12-10-9-11-13-19)23(29)27-20(14-15-35-7)24(30)32-6/h9-13,18,20-22H,8,14-17H2,1-7H3,(H,27,29)(H,28,31)/t18-,20-,21?,22?/m0/s1. The van der Waals surface area contributed by atoms with Crippen LogP contribution in [0.3, 0.4) is 0 Å². The molecule has 0 spiro atoms. The van der Waals surface area contributed by atoms with Gasteiger partial charge in [-0.15, -0.1) is 0 Å². The summed E-state index contributed by atoms with van der Waals surface area (Å²) in [5.74, 6) is -0.104. The van der Waals surface area contributed by atoms with E-state index in [4.69, 9.17) is 14.2 Å². The van der Waals surface area contributed by atoms with Crippen LogP contribution in [-0.4, -0.2) is 67.5 Å². The lowest BCUT2D eigenvalue weighted by molar-refractivity contribution is -0.147. The first kappa shape index (κ1) is 30.8. The van der Waals surface area contributed by atoms with Crippen molar-refractivity contribution in [1.29, 1.82) is 0 Å². The summed E-state index contributed by atoms with van der Waals surface area (Å²) in [5.41, 5.74) is 0.298. The van der Waals surface area contributed by atoms with E-state index in [1.165, 1.54) is 7.11 Å². The third-order valence-corrected chi connectivity index (χ3v) is 6.12. The molecule has 0 aliphatic rings. The van der Waals surface area contributed by atoms with Crippen molar-refractivity contribution in [2.75, 3.05) is 25.7 Å². The average molecular weight is 511 g/mol. The zero-order valence-electron chi connectivity index (χ0n) is 22.1. The van der Waals surface area contributed by atoms with Crippen LogP contribution in [0.2, 0.25) is 0 Å². The zero-order chi connectivity index (χ0) is 26.4. The minimum absolute atomic E-state index is 0.0901. The highest BCUT2D eigenvalue weighted by Gasteiger charge is 2.29. The third kappa shape index (κ3) is 12.3. The molecule has 1 aromatic carbocycles. The first-order valence-electron chi connectivity index (χ1n) is 12.0. The maximum atomic E-state index is 13.2. The molecule has 9 heteroatoms. The Labute approximate surface area is 214 Å². The molecule has 2 N–H and O–H groups in total. The molecule has 0 fully saturated rings. The SMILES string of the molecule is CC[C@H](C)C(COC(Cc1ccccc1)C(=O)N[C@@H](CCSC)C(=O)OC)NC(=O)OC(C)(C)C. The largest absolute Gasteiger partial charge is 0.467 e. The van der Waals surface area contributed by atoms with Gasteiger partial charge < -0.3 is 24.8 Å². The van der Waals surface area contributed by atoms with Crippen molar-refractivity contribution in [2.24, 2.45) is 5.92 Å². The number of carbonyl (C=O) groups is 3.